The predicted octanol–water partition coefficient (Wildman–Crippen LogP) is 4.26. The van der Waals surface area contributed by atoms with E-state index in [1.807, 2.05) is 40.9 Å². The summed E-state index contributed by atoms with van der Waals surface area (Å²) in [6.45, 7) is 7.08. The van der Waals surface area contributed by atoms with Gasteiger partial charge in [0.25, 0.3) is 0 Å². The fraction of sp³-hybridized carbons (Fsp3) is 0.348. The van der Waals surface area contributed by atoms with Crippen molar-refractivity contribution in [1.29, 1.82) is 0 Å². The topological polar surface area (TPSA) is 51.0 Å². The summed E-state index contributed by atoms with van der Waals surface area (Å²) >= 11 is 0. The summed E-state index contributed by atoms with van der Waals surface area (Å²) in [5, 5.41) is 0. The molecule has 2 aromatic heterocycles. The fourth-order valence-corrected chi connectivity index (χ4v) is 3.54. The minimum atomic E-state index is 0.0971. The van der Waals surface area contributed by atoms with Gasteiger partial charge in [-0.3, -0.25) is 9.78 Å². The number of pyridine rings is 1. The first-order chi connectivity index (χ1) is 13.6. The van der Waals surface area contributed by atoms with Gasteiger partial charge in [-0.1, -0.05) is 24.3 Å². The van der Waals surface area contributed by atoms with Crippen molar-refractivity contribution in [3.05, 3.63) is 77.6 Å². The molecule has 0 fully saturated rings. The molecule has 146 valence electrons. The highest BCUT2D eigenvalue weighted by Gasteiger charge is 2.20. The number of carbonyl (C=O) groups excluding carboxylic acids is 1. The van der Waals surface area contributed by atoms with E-state index in [1.165, 1.54) is 5.56 Å². The maximum Gasteiger partial charge on any atom is 0.246 e. The second-order valence-electron chi connectivity index (χ2n) is 7.21. The summed E-state index contributed by atoms with van der Waals surface area (Å²) in [4.78, 5) is 23.6. The number of hydrogen-bond acceptors (Lipinski definition) is 3. The van der Waals surface area contributed by atoms with E-state index in [2.05, 4.69) is 42.0 Å². The number of unbranched alkanes of at least 4 members (excludes halogenated alkanes) is 1. The van der Waals surface area contributed by atoms with E-state index < -0.39 is 0 Å². The molecule has 1 amide bonds. The zero-order valence-corrected chi connectivity index (χ0v) is 16.9. The van der Waals surface area contributed by atoms with E-state index >= 15 is 0 Å². The number of aromatic nitrogens is 3. The Morgan fingerprint density at radius 1 is 1.04 bits per heavy atom. The lowest BCUT2D eigenvalue weighted by atomic mass is 10.1. The number of hydrogen-bond donors (Lipinski definition) is 0. The smallest absolute Gasteiger partial charge is 0.246 e. The van der Waals surface area contributed by atoms with E-state index in [0.717, 1.165) is 41.9 Å². The molecule has 2 heterocycles. The van der Waals surface area contributed by atoms with Gasteiger partial charge in [0.1, 0.15) is 12.4 Å². The van der Waals surface area contributed by atoms with Crippen molar-refractivity contribution in [2.45, 2.75) is 46.6 Å². The molecule has 5 heteroatoms. The van der Waals surface area contributed by atoms with Crippen LogP contribution in [0.15, 0.2) is 55.1 Å². The average Bonchev–Trinajstić information content (AvgIpc) is 3.08. The third-order valence-corrected chi connectivity index (χ3v) is 5.06. The molecular weight excluding hydrogens is 348 g/mol. The molecule has 0 radical (unpaired) electrons. The van der Waals surface area contributed by atoms with Gasteiger partial charge >= 0.3 is 0 Å². The number of amides is 1. The van der Waals surface area contributed by atoms with Crippen molar-refractivity contribution in [3.8, 4) is 0 Å². The standard InChI is InChI=1S/C23H28N4O/c1-18-8-6-9-19(2)23(18)27(22(28)17-26-15-13-25-20(26)3)14-5-4-10-21-11-7-12-24-16-21/h6-9,11-13,15-16H,4-5,10,14,17H2,1-3H3. The molecule has 0 saturated carbocycles. The summed E-state index contributed by atoms with van der Waals surface area (Å²) in [6.07, 6.45) is 10.2. The first-order valence-electron chi connectivity index (χ1n) is 9.79. The molecule has 0 aliphatic heterocycles. The van der Waals surface area contributed by atoms with Crippen LogP contribution in [0.1, 0.15) is 35.4 Å². The maximum atomic E-state index is 13.2. The Kier molecular flexibility index (Phi) is 6.58. The second kappa shape index (κ2) is 9.31. The maximum absolute atomic E-state index is 13.2. The highest BCUT2D eigenvalue weighted by molar-refractivity contribution is 5.94. The molecule has 28 heavy (non-hydrogen) atoms. The molecule has 1 aromatic carbocycles. The van der Waals surface area contributed by atoms with Crippen molar-refractivity contribution in [2.75, 3.05) is 11.4 Å². The van der Waals surface area contributed by atoms with Gasteiger partial charge in [0.15, 0.2) is 0 Å². The third kappa shape index (κ3) is 4.85. The van der Waals surface area contributed by atoms with E-state index in [9.17, 15) is 4.79 Å². The highest BCUT2D eigenvalue weighted by Crippen LogP contribution is 2.25. The van der Waals surface area contributed by atoms with Gasteiger partial charge in [0, 0.05) is 37.0 Å². The molecule has 0 spiro atoms. The molecule has 0 unspecified atom stereocenters. The Bertz CT molecular complexity index is 897. The second-order valence-corrected chi connectivity index (χ2v) is 7.21. The number of anilines is 1. The highest BCUT2D eigenvalue weighted by atomic mass is 16.2. The molecule has 0 aliphatic rings. The monoisotopic (exact) mass is 376 g/mol. The van der Waals surface area contributed by atoms with E-state index in [4.69, 9.17) is 0 Å². The van der Waals surface area contributed by atoms with Gasteiger partial charge in [0.05, 0.1) is 0 Å². The summed E-state index contributed by atoms with van der Waals surface area (Å²) in [5.74, 6) is 0.950. The number of aryl methyl sites for hydroxylation is 4. The van der Waals surface area contributed by atoms with Gasteiger partial charge in [-0.15, -0.1) is 0 Å². The molecule has 3 rings (SSSR count). The van der Waals surface area contributed by atoms with Crippen LogP contribution in [-0.2, 0) is 17.8 Å². The number of imidazole rings is 1. The SMILES string of the molecule is Cc1cccc(C)c1N(CCCCc1cccnc1)C(=O)Cn1ccnc1C. The van der Waals surface area contributed by atoms with E-state index in [-0.39, 0.29) is 5.91 Å². The molecule has 3 aromatic rings. The molecule has 0 aliphatic carbocycles. The first kappa shape index (κ1) is 19.8. The van der Waals surface area contributed by atoms with Gasteiger partial charge < -0.3 is 9.47 Å². The van der Waals surface area contributed by atoms with Gasteiger partial charge in [-0.2, -0.15) is 0 Å². The number of rotatable bonds is 8. The summed E-state index contributed by atoms with van der Waals surface area (Å²) in [5.41, 5.74) is 4.53. The van der Waals surface area contributed by atoms with Crippen LogP contribution in [0.25, 0.3) is 0 Å². The van der Waals surface area contributed by atoms with Gasteiger partial charge in [-0.25, -0.2) is 4.98 Å². The molecule has 5 nitrogen and oxygen atoms in total. The summed E-state index contributed by atoms with van der Waals surface area (Å²) < 4.78 is 1.90. The van der Waals surface area contributed by atoms with Crippen molar-refractivity contribution >= 4 is 11.6 Å². The average molecular weight is 377 g/mol. The Morgan fingerprint density at radius 3 is 2.46 bits per heavy atom. The van der Waals surface area contributed by atoms with Crippen molar-refractivity contribution < 1.29 is 4.79 Å². The third-order valence-electron chi connectivity index (χ3n) is 5.06. The Hall–Kier alpha value is -2.95. The van der Waals surface area contributed by atoms with E-state index in [0.29, 0.717) is 13.1 Å². The number of para-hydroxylation sites is 1. The minimum absolute atomic E-state index is 0.0971. The van der Waals surface area contributed by atoms with Crippen LogP contribution in [0.2, 0.25) is 0 Å². The van der Waals surface area contributed by atoms with Crippen LogP contribution in [0, 0.1) is 20.8 Å². The molecule has 0 atom stereocenters. The Morgan fingerprint density at radius 2 is 1.82 bits per heavy atom. The largest absolute Gasteiger partial charge is 0.326 e. The molecular formula is C23H28N4O. The predicted molar refractivity (Wildman–Crippen MR) is 112 cm³/mol. The van der Waals surface area contributed by atoms with Crippen molar-refractivity contribution in [1.82, 2.24) is 14.5 Å². The first-order valence-corrected chi connectivity index (χ1v) is 9.79. The zero-order valence-electron chi connectivity index (χ0n) is 16.9. The Labute approximate surface area is 167 Å². The van der Waals surface area contributed by atoms with Crippen LogP contribution in [0.3, 0.4) is 0 Å². The lowest BCUT2D eigenvalue weighted by Crippen LogP contribution is -2.36. The minimum Gasteiger partial charge on any atom is -0.326 e. The van der Waals surface area contributed by atoms with Crippen LogP contribution in [0.4, 0.5) is 5.69 Å². The number of benzene rings is 1. The summed E-state index contributed by atoms with van der Waals surface area (Å²) in [6, 6.07) is 10.2. The molecule has 0 N–H and O–H groups in total. The lowest BCUT2D eigenvalue weighted by molar-refractivity contribution is -0.119. The van der Waals surface area contributed by atoms with Crippen molar-refractivity contribution in [3.63, 3.8) is 0 Å². The van der Waals surface area contributed by atoms with E-state index in [1.54, 1.807) is 12.4 Å². The van der Waals surface area contributed by atoms with Crippen LogP contribution in [0.5, 0.6) is 0 Å². The molecule has 0 bridgehead atoms. The van der Waals surface area contributed by atoms with Gasteiger partial charge in [0.2, 0.25) is 5.91 Å². The fourth-order valence-electron chi connectivity index (χ4n) is 3.54. The summed E-state index contributed by atoms with van der Waals surface area (Å²) in [7, 11) is 0. The van der Waals surface area contributed by atoms with Crippen LogP contribution in [-0.4, -0.2) is 27.0 Å². The number of nitrogens with zero attached hydrogens (tertiary/aromatic N) is 4. The normalized spacial score (nSPS) is 10.8. The molecule has 0 saturated heterocycles. The quantitative estimate of drug-likeness (QED) is 0.552. The lowest BCUT2D eigenvalue weighted by Gasteiger charge is -2.27. The number of carbonyl (C=O) groups is 1. The van der Waals surface area contributed by atoms with Crippen LogP contribution < -0.4 is 4.90 Å². The van der Waals surface area contributed by atoms with Crippen molar-refractivity contribution in [2.24, 2.45) is 0 Å². The Balaban J connectivity index is 1.72. The van der Waals surface area contributed by atoms with Gasteiger partial charge in [-0.05, 0) is 62.8 Å². The van der Waals surface area contributed by atoms with Crippen LogP contribution >= 0.6 is 0 Å². The zero-order chi connectivity index (χ0) is 19.9.